The fraction of sp³-hybridized carbons (Fsp3) is 0.167. The van der Waals surface area contributed by atoms with Crippen LogP contribution in [0.3, 0.4) is 0 Å². The first-order valence-electron chi connectivity index (χ1n) is 4.62. The highest BCUT2D eigenvalue weighted by Crippen LogP contribution is 2.19. The Hall–Kier alpha value is -2.10. The van der Waals surface area contributed by atoms with Crippen molar-refractivity contribution in [3.8, 4) is 0 Å². The highest BCUT2D eigenvalue weighted by molar-refractivity contribution is 6.14. The third kappa shape index (κ3) is 1.95. The molecule has 0 saturated heterocycles. The van der Waals surface area contributed by atoms with Crippen molar-refractivity contribution in [2.75, 3.05) is 0 Å². The molecule has 0 amide bonds. The van der Waals surface area contributed by atoms with Gasteiger partial charge >= 0.3 is 0 Å². The van der Waals surface area contributed by atoms with Gasteiger partial charge in [0.1, 0.15) is 0 Å². The van der Waals surface area contributed by atoms with E-state index < -0.39 is 11.6 Å². The van der Waals surface area contributed by atoms with Crippen LogP contribution < -0.4 is 0 Å². The van der Waals surface area contributed by atoms with E-state index in [9.17, 15) is 19.2 Å². The maximum Gasteiger partial charge on any atom is 0.161 e. The number of hydrogen-bond acceptors (Lipinski definition) is 4. The molecule has 0 fully saturated rings. The largest absolute Gasteiger partial charge is 0.298 e. The summed E-state index contributed by atoms with van der Waals surface area (Å²) < 4.78 is 0. The first-order chi connectivity index (χ1) is 7.52. The minimum Gasteiger partial charge on any atom is -0.298 e. The van der Waals surface area contributed by atoms with Crippen molar-refractivity contribution >= 4 is 24.1 Å². The number of carbonyl (C=O) groups is 4. The average molecular weight is 218 g/mol. The van der Waals surface area contributed by atoms with E-state index in [0.717, 1.165) is 0 Å². The van der Waals surface area contributed by atoms with E-state index in [1.807, 2.05) is 0 Å². The summed E-state index contributed by atoms with van der Waals surface area (Å²) in [5, 5.41) is 0. The maximum absolute atomic E-state index is 11.4. The van der Waals surface area contributed by atoms with E-state index in [-0.39, 0.29) is 22.3 Å². The number of rotatable bonds is 4. The standard InChI is InChI=1S/C12H10O4/c1-7(15)11-9(5-13)3-4-10(6-14)12(11)8(2)16/h3-6H,1-2H3. The van der Waals surface area contributed by atoms with Gasteiger partial charge in [0.25, 0.3) is 0 Å². The fourth-order valence-corrected chi connectivity index (χ4v) is 1.59. The van der Waals surface area contributed by atoms with Gasteiger partial charge in [0, 0.05) is 22.3 Å². The summed E-state index contributed by atoms with van der Waals surface area (Å²) in [6.45, 7) is 2.51. The van der Waals surface area contributed by atoms with Gasteiger partial charge in [-0.05, 0) is 13.8 Å². The van der Waals surface area contributed by atoms with Gasteiger partial charge in [0.05, 0.1) is 0 Å². The van der Waals surface area contributed by atoms with Gasteiger partial charge in [-0.3, -0.25) is 19.2 Å². The zero-order chi connectivity index (χ0) is 12.3. The van der Waals surface area contributed by atoms with Gasteiger partial charge < -0.3 is 0 Å². The van der Waals surface area contributed by atoms with Crippen LogP contribution in [0.2, 0.25) is 0 Å². The third-order valence-corrected chi connectivity index (χ3v) is 2.23. The Kier molecular flexibility index (Phi) is 3.45. The number of hydrogen-bond donors (Lipinski definition) is 0. The lowest BCUT2D eigenvalue weighted by molar-refractivity contribution is 0.0974. The summed E-state index contributed by atoms with van der Waals surface area (Å²) in [6, 6.07) is 2.72. The highest BCUT2D eigenvalue weighted by Gasteiger charge is 2.19. The smallest absolute Gasteiger partial charge is 0.161 e. The molecule has 16 heavy (non-hydrogen) atoms. The van der Waals surface area contributed by atoms with Crippen molar-refractivity contribution in [1.29, 1.82) is 0 Å². The Bertz CT molecular complexity index is 441. The molecule has 1 aromatic rings. The van der Waals surface area contributed by atoms with Crippen LogP contribution in [0.5, 0.6) is 0 Å². The minimum absolute atomic E-state index is 0.0205. The first kappa shape index (κ1) is 12.0. The molecule has 4 nitrogen and oxygen atoms in total. The van der Waals surface area contributed by atoms with E-state index in [2.05, 4.69) is 0 Å². The Morgan fingerprint density at radius 1 is 0.875 bits per heavy atom. The molecule has 1 aromatic carbocycles. The Labute approximate surface area is 92.3 Å². The number of benzene rings is 1. The van der Waals surface area contributed by atoms with Gasteiger partial charge in [0.2, 0.25) is 0 Å². The number of Topliss-reactive ketones (excluding diaryl/α,β-unsaturated/α-hetero) is 2. The van der Waals surface area contributed by atoms with Crippen molar-refractivity contribution in [1.82, 2.24) is 0 Å². The molecule has 0 heterocycles. The number of carbonyl (C=O) groups excluding carboxylic acids is 4. The Morgan fingerprint density at radius 3 is 1.38 bits per heavy atom. The first-order valence-corrected chi connectivity index (χ1v) is 4.62. The van der Waals surface area contributed by atoms with Crippen LogP contribution in [0.4, 0.5) is 0 Å². The Morgan fingerprint density at radius 2 is 1.19 bits per heavy atom. The second-order valence-electron chi connectivity index (χ2n) is 3.34. The van der Waals surface area contributed by atoms with Gasteiger partial charge in [-0.15, -0.1) is 0 Å². The minimum atomic E-state index is -0.406. The SMILES string of the molecule is CC(=O)c1c(C=O)ccc(C=O)c1C(C)=O. The Balaban J connectivity index is 3.73. The monoisotopic (exact) mass is 218 g/mol. The zero-order valence-electron chi connectivity index (χ0n) is 8.94. The van der Waals surface area contributed by atoms with Crippen molar-refractivity contribution in [3.63, 3.8) is 0 Å². The predicted molar refractivity (Wildman–Crippen MR) is 57.2 cm³/mol. The quantitative estimate of drug-likeness (QED) is 0.570. The van der Waals surface area contributed by atoms with Crippen molar-refractivity contribution in [3.05, 3.63) is 34.4 Å². The molecule has 82 valence electrons. The molecule has 0 spiro atoms. The van der Waals surface area contributed by atoms with E-state index in [1.165, 1.54) is 26.0 Å². The molecule has 0 unspecified atom stereocenters. The number of aldehydes is 2. The molecule has 0 aliphatic rings. The molecule has 0 radical (unpaired) electrons. The lowest BCUT2D eigenvalue weighted by Crippen LogP contribution is -2.11. The summed E-state index contributed by atoms with van der Waals surface area (Å²) in [6.07, 6.45) is 0.996. The molecule has 0 saturated carbocycles. The highest BCUT2D eigenvalue weighted by atomic mass is 16.1. The van der Waals surface area contributed by atoms with Crippen molar-refractivity contribution < 1.29 is 19.2 Å². The summed E-state index contributed by atoms with van der Waals surface area (Å²) in [7, 11) is 0. The van der Waals surface area contributed by atoms with Crippen LogP contribution in [0.25, 0.3) is 0 Å². The van der Waals surface area contributed by atoms with Crippen LogP contribution in [0.1, 0.15) is 55.3 Å². The normalized spacial score (nSPS) is 9.62. The molecule has 0 aliphatic carbocycles. The lowest BCUT2D eigenvalue weighted by Gasteiger charge is -2.08. The third-order valence-electron chi connectivity index (χ3n) is 2.23. The zero-order valence-corrected chi connectivity index (χ0v) is 8.94. The van der Waals surface area contributed by atoms with Crippen LogP contribution in [-0.4, -0.2) is 24.1 Å². The molecule has 4 heteroatoms. The maximum atomic E-state index is 11.4. The molecule has 1 rings (SSSR count). The average Bonchev–Trinajstić information content (AvgIpc) is 2.26. The summed E-state index contributed by atoms with van der Waals surface area (Å²) >= 11 is 0. The molecule has 0 N–H and O–H groups in total. The summed E-state index contributed by atoms with van der Waals surface area (Å²) in [5.74, 6) is -0.813. The summed E-state index contributed by atoms with van der Waals surface area (Å²) in [4.78, 5) is 44.3. The lowest BCUT2D eigenvalue weighted by atomic mass is 9.92. The summed E-state index contributed by atoms with van der Waals surface area (Å²) in [5.41, 5.74) is 0.297. The van der Waals surface area contributed by atoms with Gasteiger partial charge in [-0.1, -0.05) is 12.1 Å². The van der Waals surface area contributed by atoms with E-state index in [0.29, 0.717) is 12.6 Å². The van der Waals surface area contributed by atoms with E-state index in [1.54, 1.807) is 0 Å². The van der Waals surface area contributed by atoms with Crippen LogP contribution >= 0.6 is 0 Å². The fourth-order valence-electron chi connectivity index (χ4n) is 1.59. The topological polar surface area (TPSA) is 68.3 Å². The molecule has 0 aliphatic heterocycles. The second kappa shape index (κ2) is 4.61. The predicted octanol–water partition coefficient (Wildman–Crippen LogP) is 1.72. The van der Waals surface area contributed by atoms with Gasteiger partial charge in [-0.2, -0.15) is 0 Å². The molecule has 0 bridgehead atoms. The molecular formula is C12H10O4. The van der Waals surface area contributed by atoms with Crippen molar-refractivity contribution in [2.45, 2.75) is 13.8 Å². The van der Waals surface area contributed by atoms with Crippen molar-refractivity contribution in [2.24, 2.45) is 0 Å². The van der Waals surface area contributed by atoms with Crippen LogP contribution in [0.15, 0.2) is 12.1 Å². The van der Waals surface area contributed by atoms with E-state index in [4.69, 9.17) is 0 Å². The van der Waals surface area contributed by atoms with Gasteiger partial charge in [-0.25, -0.2) is 0 Å². The van der Waals surface area contributed by atoms with E-state index >= 15 is 0 Å². The van der Waals surface area contributed by atoms with Crippen LogP contribution in [0, 0.1) is 0 Å². The molecular weight excluding hydrogens is 208 g/mol. The molecule has 0 aromatic heterocycles. The van der Waals surface area contributed by atoms with Crippen LogP contribution in [-0.2, 0) is 0 Å². The molecule has 0 atom stereocenters. The van der Waals surface area contributed by atoms with Gasteiger partial charge in [0.15, 0.2) is 24.1 Å². The second-order valence-corrected chi connectivity index (χ2v) is 3.34. The number of ketones is 2.